The molecule has 0 saturated carbocycles. The Morgan fingerprint density at radius 3 is 2.59 bits per heavy atom. The summed E-state index contributed by atoms with van der Waals surface area (Å²) >= 11 is 0. The number of rotatable bonds is 7. The van der Waals surface area contributed by atoms with Gasteiger partial charge in [0.2, 0.25) is 0 Å². The summed E-state index contributed by atoms with van der Waals surface area (Å²) in [7, 11) is -4.29. The van der Waals surface area contributed by atoms with Gasteiger partial charge in [-0.25, -0.2) is 13.1 Å². The number of anilines is 1. The van der Waals surface area contributed by atoms with E-state index in [0.717, 1.165) is 6.07 Å². The number of carbonyl (C=O) groups is 1. The first kappa shape index (κ1) is 20.7. The van der Waals surface area contributed by atoms with Crippen LogP contribution in [0.3, 0.4) is 0 Å². The van der Waals surface area contributed by atoms with E-state index in [2.05, 4.69) is 5.32 Å². The van der Waals surface area contributed by atoms with Gasteiger partial charge in [-0.15, -0.1) is 0 Å². The van der Waals surface area contributed by atoms with Crippen LogP contribution in [0.2, 0.25) is 0 Å². The summed E-state index contributed by atoms with van der Waals surface area (Å²) in [5.41, 5.74) is -0.146. The van der Waals surface area contributed by atoms with Crippen LogP contribution in [0.5, 0.6) is 0 Å². The van der Waals surface area contributed by atoms with Crippen molar-refractivity contribution in [1.82, 2.24) is 4.72 Å². The van der Waals surface area contributed by atoms with Crippen molar-refractivity contribution in [2.75, 3.05) is 31.7 Å². The van der Waals surface area contributed by atoms with Crippen LogP contribution in [0.15, 0.2) is 53.4 Å². The molecule has 2 aromatic carbocycles. The van der Waals surface area contributed by atoms with Crippen LogP contribution in [0.25, 0.3) is 0 Å². The van der Waals surface area contributed by atoms with Crippen molar-refractivity contribution in [2.45, 2.75) is 11.0 Å². The van der Waals surface area contributed by atoms with Crippen molar-refractivity contribution in [3.05, 3.63) is 64.2 Å². The van der Waals surface area contributed by atoms with Crippen molar-refractivity contribution in [3.8, 4) is 0 Å². The van der Waals surface area contributed by atoms with Gasteiger partial charge in [0, 0.05) is 18.2 Å². The standard InChI is InChI=1S/C18H19N3O7S/c22-18(13-4-2-1-3-5-13)20-29(25,26)15-6-7-16(17(10-15)21(23)24)19-11-14-12-27-8-9-28-14/h1-7,10,14,19H,8-9,11-12H2,(H,20,22). The molecule has 1 heterocycles. The average molecular weight is 421 g/mol. The first-order chi connectivity index (χ1) is 13.9. The third kappa shape index (κ3) is 5.28. The Kier molecular flexibility index (Phi) is 6.42. The Labute approximate surface area is 167 Å². The molecule has 1 saturated heterocycles. The highest BCUT2D eigenvalue weighted by molar-refractivity contribution is 7.90. The molecule has 2 aromatic rings. The lowest BCUT2D eigenvalue weighted by Crippen LogP contribution is -2.34. The van der Waals surface area contributed by atoms with Crippen LogP contribution >= 0.6 is 0 Å². The van der Waals surface area contributed by atoms with E-state index in [1.54, 1.807) is 18.2 Å². The van der Waals surface area contributed by atoms with Crippen molar-refractivity contribution in [2.24, 2.45) is 0 Å². The Morgan fingerprint density at radius 1 is 1.17 bits per heavy atom. The van der Waals surface area contributed by atoms with E-state index in [0.29, 0.717) is 19.8 Å². The molecule has 2 N–H and O–H groups in total. The summed E-state index contributed by atoms with van der Waals surface area (Å²) in [5.74, 6) is -0.829. The second-order valence-corrected chi connectivity index (χ2v) is 7.87. The van der Waals surface area contributed by atoms with Gasteiger partial charge in [0.15, 0.2) is 0 Å². The molecule has 1 unspecified atom stereocenters. The lowest BCUT2D eigenvalue weighted by Gasteiger charge is -2.23. The Hall–Kier alpha value is -3.02. The number of nitrogens with one attached hydrogen (secondary N) is 2. The zero-order valence-electron chi connectivity index (χ0n) is 15.2. The monoisotopic (exact) mass is 421 g/mol. The zero-order valence-corrected chi connectivity index (χ0v) is 16.1. The molecule has 1 aliphatic heterocycles. The van der Waals surface area contributed by atoms with Crippen LogP contribution in [-0.4, -0.2) is 51.7 Å². The van der Waals surface area contributed by atoms with Gasteiger partial charge in [0.05, 0.1) is 35.7 Å². The van der Waals surface area contributed by atoms with Crippen LogP contribution in [-0.2, 0) is 19.5 Å². The van der Waals surface area contributed by atoms with Gasteiger partial charge in [-0.3, -0.25) is 14.9 Å². The van der Waals surface area contributed by atoms with E-state index in [1.165, 1.54) is 24.3 Å². The second-order valence-electron chi connectivity index (χ2n) is 6.19. The molecule has 1 amide bonds. The molecule has 1 atom stereocenters. The van der Waals surface area contributed by atoms with Gasteiger partial charge in [-0.1, -0.05) is 18.2 Å². The van der Waals surface area contributed by atoms with E-state index >= 15 is 0 Å². The second kappa shape index (κ2) is 8.99. The number of carbonyl (C=O) groups excluding carboxylic acids is 1. The Morgan fingerprint density at radius 2 is 1.93 bits per heavy atom. The van der Waals surface area contributed by atoms with Gasteiger partial charge in [-0.05, 0) is 24.3 Å². The van der Waals surface area contributed by atoms with Gasteiger partial charge in [-0.2, -0.15) is 0 Å². The average Bonchev–Trinajstić information content (AvgIpc) is 2.73. The molecule has 0 bridgehead atoms. The summed E-state index contributed by atoms with van der Waals surface area (Å²) in [6.07, 6.45) is -0.267. The molecule has 11 heteroatoms. The van der Waals surface area contributed by atoms with Crippen LogP contribution < -0.4 is 10.0 Å². The fourth-order valence-electron chi connectivity index (χ4n) is 2.69. The first-order valence-electron chi connectivity index (χ1n) is 8.70. The number of hydrogen-bond donors (Lipinski definition) is 2. The molecular formula is C18H19N3O7S. The van der Waals surface area contributed by atoms with Crippen molar-refractivity contribution >= 4 is 27.3 Å². The maximum Gasteiger partial charge on any atom is 0.293 e. The smallest absolute Gasteiger partial charge is 0.293 e. The molecule has 0 spiro atoms. The summed E-state index contributed by atoms with van der Waals surface area (Å²) in [5, 5.41) is 14.3. The highest BCUT2D eigenvalue weighted by Crippen LogP contribution is 2.28. The highest BCUT2D eigenvalue weighted by atomic mass is 32.2. The Balaban J connectivity index is 1.77. The number of nitrogens with zero attached hydrogens (tertiary/aromatic N) is 1. The predicted molar refractivity (Wildman–Crippen MR) is 103 cm³/mol. The van der Waals surface area contributed by atoms with Gasteiger partial charge in [0.25, 0.3) is 21.6 Å². The number of benzene rings is 2. The van der Waals surface area contributed by atoms with E-state index in [-0.39, 0.29) is 23.9 Å². The first-order valence-corrected chi connectivity index (χ1v) is 10.2. The number of nitro groups is 1. The van der Waals surface area contributed by atoms with Crippen LogP contribution in [0.1, 0.15) is 10.4 Å². The third-order valence-corrected chi connectivity index (χ3v) is 5.47. The number of amides is 1. The maximum absolute atomic E-state index is 12.5. The molecule has 0 aromatic heterocycles. The lowest BCUT2D eigenvalue weighted by atomic mass is 10.2. The summed E-state index contributed by atoms with van der Waals surface area (Å²) in [6, 6.07) is 11.2. The quantitative estimate of drug-likeness (QED) is 0.507. The molecule has 29 heavy (non-hydrogen) atoms. The van der Waals surface area contributed by atoms with Crippen LogP contribution in [0, 0.1) is 10.1 Å². The summed E-state index contributed by atoms with van der Waals surface area (Å²) < 4.78 is 37.6. The minimum absolute atomic E-state index is 0.137. The van der Waals surface area contributed by atoms with E-state index in [1.807, 2.05) is 4.72 Å². The number of hydrogen-bond acceptors (Lipinski definition) is 8. The SMILES string of the molecule is O=C(NS(=O)(=O)c1ccc(NCC2COCCO2)c([N+](=O)[O-])c1)c1ccccc1. The lowest BCUT2D eigenvalue weighted by molar-refractivity contribution is -0.384. The van der Waals surface area contributed by atoms with Gasteiger partial charge >= 0.3 is 0 Å². The van der Waals surface area contributed by atoms with Crippen LogP contribution in [0.4, 0.5) is 11.4 Å². The molecule has 1 fully saturated rings. The molecule has 0 radical (unpaired) electrons. The van der Waals surface area contributed by atoms with Crippen molar-refractivity contribution < 1.29 is 27.6 Å². The molecule has 3 rings (SSSR count). The van der Waals surface area contributed by atoms with Crippen molar-refractivity contribution in [1.29, 1.82) is 0 Å². The van der Waals surface area contributed by atoms with Gasteiger partial charge < -0.3 is 14.8 Å². The predicted octanol–water partition coefficient (Wildman–Crippen LogP) is 1.54. The number of nitro benzene ring substituents is 1. The van der Waals surface area contributed by atoms with E-state index < -0.39 is 31.4 Å². The molecule has 154 valence electrons. The summed E-state index contributed by atoms with van der Waals surface area (Å²) in [6.45, 7) is 1.56. The summed E-state index contributed by atoms with van der Waals surface area (Å²) in [4.78, 5) is 22.5. The molecule has 1 aliphatic rings. The Bertz CT molecular complexity index is 990. The van der Waals surface area contributed by atoms with E-state index in [4.69, 9.17) is 9.47 Å². The topological polar surface area (TPSA) is 137 Å². The fourth-order valence-corrected chi connectivity index (χ4v) is 3.68. The maximum atomic E-state index is 12.5. The number of ether oxygens (including phenoxy) is 2. The van der Waals surface area contributed by atoms with Gasteiger partial charge in [0.1, 0.15) is 5.69 Å². The minimum atomic E-state index is -4.29. The highest BCUT2D eigenvalue weighted by Gasteiger charge is 2.24. The molecule has 10 nitrogen and oxygen atoms in total. The third-order valence-electron chi connectivity index (χ3n) is 4.14. The number of sulfonamides is 1. The fraction of sp³-hybridized carbons (Fsp3) is 0.278. The largest absolute Gasteiger partial charge is 0.377 e. The molecular weight excluding hydrogens is 402 g/mol. The zero-order chi connectivity index (χ0) is 20.9. The minimum Gasteiger partial charge on any atom is -0.377 e. The normalized spacial score (nSPS) is 16.8. The van der Waals surface area contributed by atoms with Crippen molar-refractivity contribution in [3.63, 3.8) is 0 Å². The molecule has 0 aliphatic carbocycles. The van der Waals surface area contributed by atoms with E-state index in [9.17, 15) is 23.3 Å².